The van der Waals surface area contributed by atoms with Gasteiger partial charge in [0.25, 0.3) is 5.91 Å². The lowest BCUT2D eigenvalue weighted by molar-refractivity contribution is -0.125. The molecule has 0 aliphatic rings. The van der Waals surface area contributed by atoms with Crippen molar-refractivity contribution in [2.75, 3.05) is 18.5 Å². The molecule has 5 heteroatoms. The molecule has 0 aliphatic heterocycles. The van der Waals surface area contributed by atoms with Crippen molar-refractivity contribution in [3.63, 3.8) is 0 Å². The average Bonchev–Trinajstić information content (AvgIpc) is 2.53. The van der Waals surface area contributed by atoms with Crippen molar-refractivity contribution in [1.82, 2.24) is 5.32 Å². The number of para-hydroxylation sites is 1. The number of carbonyl (C=O) groups is 2. The summed E-state index contributed by atoms with van der Waals surface area (Å²) in [6.45, 7) is 1.76. The fourth-order valence-electron chi connectivity index (χ4n) is 1.74. The molecule has 2 N–H and O–H groups in total. The van der Waals surface area contributed by atoms with Crippen LogP contribution in [0.2, 0.25) is 0 Å². The van der Waals surface area contributed by atoms with Crippen molar-refractivity contribution < 1.29 is 14.3 Å². The lowest BCUT2D eigenvalue weighted by Crippen LogP contribution is -2.35. The number of ether oxygens (including phenoxy) is 1. The molecular weight excluding hydrogens is 280 g/mol. The quantitative estimate of drug-likeness (QED) is 0.858. The first kappa shape index (κ1) is 15.6. The zero-order chi connectivity index (χ0) is 15.8. The van der Waals surface area contributed by atoms with E-state index in [9.17, 15) is 9.59 Å². The van der Waals surface area contributed by atoms with Gasteiger partial charge in [-0.15, -0.1) is 0 Å². The molecule has 2 rings (SSSR count). The molecule has 0 unspecified atom stereocenters. The zero-order valence-corrected chi connectivity index (χ0v) is 12.3. The number of carbonyl (C=O) groups excluding carboxylic acids is 2. The highest BCUT2D eigenvalue weighted by Crippen LogP contribution is 2.10. The molecule has 5 nitrogen and oxygen atoms in total. The Kier molecular flexibility index (Phi) is 5.54. The van der Waals surface area contributed by atoms with Crippen molar-refractivity contribution in [2.24, 2.45) is 0 Å². The summed E-state index contributed by atoms with van der Waals surface area (Å²) in [5.74, 6) is -0.00633. The normalized spacial score (nSPS) is 9.86. The molecule has 2 amide bonds. The van der Waals surface area contributed by atoms with Gasteiger partial charge in [-0.3, -0.25) is 9.59 Å². The van der Waals surface area contributed by atoms with Crippen LogP contribution in [-0.4, -0.2) is 25.0 Å². The highest BCUT2D eigenvalue weighted by Gasteiger charge is 2.06. The van der Waals surface area contributed by atoms with E-state index in [4.69, 9.17) is 4.74 Å². The second kappa shape index (κ2) is 7.83. The van der Waals surface area contributed by atoms with Crippen molar-refractivity contribution in [3.05, 3.63) is 60.2 Å². The monoisotopic (exact) mass is 298 g/mol. The number of aryl methyl sites for hydroxylation is 1. The number of rotatable bonds is 6. The molecule has 0 atom stereocenters. The molecule has 0 heterocycles. The summed E-state index contributed by atoms with van der Waals surface area (Å²) < 4.78 is 5.33. The Hall–Kier alpha value is -2.82. The van der Waals surface area contributed by atoms with E-state index < -0.39 is 0 Å². The SMILES string of the molecule is Cc1ccc(OCC(=O)NCC(=O)Nc2ccccc2)cc1. The number of amides is 2. The van der Waals surface area contributed by atoms with E-state index in [-0.39, 0.29) is 25.0 Å². The van der Waals surface area contributed by atoms with Gasteiger partial charge in [-0.2, -0.15) is 0 Å². The molecule has 114 valence electrons. The molecule has 0 spiro atoms. The smallest absolute Gasteiger partial charge is 0.258 e. The summed E-state index contributed by atoms with van der Waals surface area (Å²) in [6.07, 6.45) is 0. The van der Waals surface area contributed by atoms with Gasteiger partial charge in [-0.1, -0.05) is 35.9 Å². The number of anilines is 1. The van der Waals surface area contributed by atoms with Crippen LogP contribution in [0, 0.1) is 6.92 Å². The van der Waals surface area contributed by atoms with Crippen molar-refractivity contribution in [2.45, 2.75) is 6.92 Å². The van der Waals surface area contributed by atoms with Gasteiger partial charge in [0.05, 0.1) is 6.54 Å². The largest absolute Gasteiger partial charge is 0.484 e. The Morgan fingerprint density at radius 3 is 2.32 bits per heavy atom. The van der Waals surface area contributed by atoms with Gasteiger partial charge in [0.15, 0.2) is 6.61 Å². The van der Waals surface area contributed by atoms with E-state index in [1.165, 1.54) is 0 Å². The minimum atomic E-state index is -0.344. The first-order valence-electron chi connectivity index (χ1n) is 6.94. The van der Waals surface area contributed by atoms with Gasteiger partial charge in [0.1, 0.15) is 5.75 Å². The van der Waals surface area contributed by atoms with Crippen LogP contribution in [-0.2, 0) is 9.59 Å². The van der Waals surface area contributed by atoms with Crippen LogP contribution in [0.25, 0.3) is 0 Å². The minimum Gasteiger partial charge on any atom is -0.484 e. The molecule has 2 aromatic rings. The maximum atomic E-state index is 11.7. The summed E-state index contributed by atoms with van der Waals surface area (Å²) in [6, 6.07) is 16.5. The summed E-state index contributed by atoms with van der Waals surface area (Å²) in [5, 5.41) is 5.19. The fraction of sp³-hybridized carbons (Fsp3) is 0.176. The van der Waals surface area contributed by atoms with Crippen LogP contribution < -0.4 is 15.4 Å². The summed E-state index contributed by atoms with van der Waals surface area (Å²) in [5.41, 5.74) is 1.81. The zero-order valence-electron chi connectivity index (χ0n) is 12.3. The standard InChI is InChI=1S/C17H18N2O3/c1-13-7-9-15(10-8-13)22-12-17(21)18-11-16(20)19-14-5-3-2-4-6-14/h2-10H,11-12H2,1H3,(H,18,21)(H,19,20). The van der Waals surface area contributed by atoms with Crippen LogP contribution >= 0.6 is 0 Å². The van der Waals surface area contributed by atoms with Gasteiger partial charge in [0.2, 0.25) is 5.91 Å². The van der Waals surface area contributed by atoms with Gasteiger partial charge in [-0.05, 0) is 31.2 Å². The van der Waals surface area contributed by atoms with E-state index in [2.05, 4.69) is 10.6 Å². The van der Waals surface area contributed by atoms with E-state index in [1.807, 2.05) is 37.3 Å². The lowest BCUT2D eigenvalue weighted by atomic mass is 10.2. The Labute approximate surface area is 129 Å². The minimum absolute atomic E-state index is 0.0923. The third-order valence-corrected chi connectivity index (χ3v) is 2.89. The van der Waals surface area contributed by atoms with Crippen LogP contribution in [0.15, 0.2) is 54.6 Å². The van der Waals surface area contributed by atoms with Gasteiger partial charge in [-0.25, -0.2) is 0 Å². The summed E-state index contributed by atoms with van der Waals surface area (Å²) >= 11 is 0. The molecule has 0 aromatic heterocycles. The lowest BCUT2D eigenvalue weighted by Gasteiger charge is -2.08. The van der Waals surface area contributed by atoms with Crippen molar-refractivity contribution >= 4 is 17.5 Å². The summed E-state index contributed by atoms with van der Waals surface area (Å²) in [4.78, 5) is 23.3. The molecule has 22 heavy (non-hydrogen) atoms. The van der Waals surface area contributed by atoms with E-state index in [0.29, 0.717) is 11.4 Å². The predicted octanol–water partition coefficient (Wildman–Crippen LogP) is 2.13. The van der Waals surface area contributed by atoms with Gasteiger partial charge < -0.3 is 15.4 Å². The van der Waals surface area contributed by atoms with E-state index in [1.54, 1.807) is 24.3 Å². The first-order chi connectivity index (χ1) is 10.6. The second-order valence-electron chi connectivity index (χ2n) is 4.79. The van der Waals surface area contributed by atoms with Gasteiger partial charge >= 0.3 is 0 Å². The maximum absolute atomic E-state index is 11.7. The van der Waals surface area contributed by atoms with E-state index >= 15 is 0 Å². The Morgan fingerprint density at radius 2 is 1.64 bits per heavy atom. The number of hydrogen-bond donors (Lipinski definition) is 2. The van der Waals surface area contributed by atoms with Crippen LogP contribution in [0.4, 0.5) is 5.69 Å². The molecule has 0 bridgehead atoms. The maximum Gasteiger partial charge on any atom is 0.258 e. The van der Waals surface area contributed by atoms with E-state index in [0.717, 1.165) is 5.56 Å². The highest BCUT2D eigenvalue weighted by atomic mass is 16.5. The Morgan fingerprint density at radius 1 is 0.955 bits per heavy atom. The average molecular weight is 298 g/mol. The van der Waals surface area contributed by atoms with Crippen molar-refractivity contribution in [3.8, 4) is 5.75 Å². The second-order valence-corrected chi connectivity index (χ2v) is 4.79. The highest BCUT2D eigenvalue weighted by molar-refractivity contribution is 5.94. The number of benzene rings is 2. The number of nitrogens with one attached hydrogen (secondary N) is 2. The van der Waals surface area contributed by atoms with Crippen molar-refractivity contribution in [1.29, 1.82) is 0 Å². The summed E-state index contributed by atoms with van der Waals surface area (Å²) in [7, 11) is 0. The fourth-order valence-corrected chi connectivity index (χ4v) is 1.74. The first-order valence-corrected chi connectivity index (χ1v) is 6.94. The number of hydrogen-bond acceptors (Lipinski definition) is 3. The molecule has 0 saturated heterocycles. The molecule has 0 fully saturated rings. The molecule has 2 aromatic carbocycles. The Balaban J connectivity index is 1.69. The molecule has 0 aliphatic carbocycles. The third-order valence-electron chi connectivity index (χ3n) is 2.89. The molecule has 0 radical (unpaired) electrons. The molecule has 0 saturated carbocycles. The Bertz CT molecular complexity index is 624. The molecular formula is C17H18N2O3. The topological polar surface area (TPSA) is 67.4 Å². The predicted molar refractivity (Wildman–Crippen MR) is 84.8 cm³/mol. The third kappa shape index (κ3) is 5.28. The van der Waals surface area contributed by atoms with Gasteiger partial charge in [0, 0.05) is 5.69 Å². The van der Waals surface area contributed by atoms with Crippen LogP contribution in [0.3, 0.4) is 0 Å². The van der Waals surface area contributed by atoms with Crippen LogP contribution in [0.5, 0.6) is 5.75 Å². The van der Waals surface area contributed by atoms with Crippen LogP contribution in [0.1, 0.15) is 5.56 Å².